The lowest BCUT2D eigenvalue weighted by Gasteiger charge is -2.46. The monoisotopic (exact) mass is 234 g/mol. The second kappa shape index (κ2) is 3.94. The summed E-state index contributed by atoms with van der Waals surface area (Å²) in [5.74, 6) is 0.833. The summed E-state index contributed by atoms with van der Waals surface area (Å²) in [5.41, 5.74) is 1.52. The average molecular weight is 234 g/mol. The fourth-order valence-corrected chi connectivity index (χ4v) is 4.54. The Balaban J connectivity index is 2.03. The number of ketones is 1. The van der Waals surface area contributed by atoms with Crippen molar-refractivity contribution in [1.29, 1.82) is 0 Å². The minimum Gasteiger partial charge on any atom is -0.392 e. The van der Waals surface area contributed by atoms with Gasteiger partial charge in [-0.3, -0.25) is 4.79 Å². The Hall–Kier alpha value is -0.630. The topological polar surface area (TPSA) is 37.3 Å². The number of rotatable bonds is 0. The van der Waals surface area contributed by atoms with Crippen LogP contribution in [0, 0.1) is 17.3 Å². The molecule has 0 amide bonds. The van der Waals surface area contributed by atoms with Gasteiger partial charge in [-0.2, -0.15) is 0 Å². The molecule has 0 heterocycles. The van der Waals surface area contributed by atoms with Gasteiger partial charge < -0.3 is 5.11 Å². The van der Waals surface area contributed by atoms with Crippen LogP contribution in [0.1, 0.15) is 51.9 Å². The van der Waals surface area contributed by atoms with Crippen molar-refractivity contribution in [3.63, 3.8) is 0 Å². The molecule has 3 aliphatic rings. The standard InChI is InChI=1S/C15H22O2/c1-10-4-7-15-6-2-3-11(13(17)9-10)14(15)12(16)5-8-15/h4,11,13-14,17H,2-3,5-9H2,1H3/t11?,13-,14?,15?/m0/s1. The first-order chi connectivity index (χ1) is 8.12. The summed E-state index contributed by atoms with van der Waals surface area (Å²) in [5, 5.41) is 10.4. The van der Waals surface area contributed by atoms with Gasteiger partial charge in [-0.05, 0) is 50.4 Å². The highest BCUT2D eigenvalue weighted by molar-refractivity contribution is 5.85. The van der Waals surface area contributed by atoms with Gasteiger partial charge in [0.15, 0.2) is 0 Å². The third kappa shape index (κ3) is 1.69. The maximum absolute atomic E-state index is 12.2. The third-order valence-electron chi connectivity index (χ3n) is 5.40. The summed E-state index contributed by atoms with van der Waals surface area (Å²) in [7, 11) is 0. The van der Waals surface area contributed by atoms with Crippen molar-refractivity contribution in [2.24, 2.45) is 17.3 Å². The number of aliphatic hydroxyl groups is 1. The Kier molecular flexibility index (Phi) is 2.66. The molecule has 0 aromatic carbocycles. The zero-order valence-electron chi connectivity index (χ0n) is 10.6. The van der Waals surface area contributed by atoms with E-state index in [9.17, 15) is 9.90 Å². The number of carbonyl (C=O) groups is 1. The molecule has 94 valence electrons. The van der Waals surface area contributed by atoms with Crippen molar-refractivity contribution >= 4 is 5.78 Å². The fraction of sp³-hybridized carbons (Fsp3) is 0.800. The van der Waals surface area contributed by atoms with E-state index in [1.54, 1.807) is 0 Å². The summed E-state index contributed by atoms with van der Waals surface area (Å²) in [6.07, 6.45) is 9.07. The van der Waals surface area contributed by atoms with Crippen molar-refractivity contribution in [1.82, 2.24) is 0 Å². The second-order valence-electron chi connectivity index (χ2n) is 6.39. The summed E-state index contributed by atoms with van der Waals surface area (Å²) >= 11 is 0. The van der Waals surface area contributed by atoms with Gasteiger partial charge in [0.2, 0.25) is 0 Å². The third-order valence-corrected chi connectivity index (χ3v) is 5.40. The Morgan fingerprint density at radius 3 is 3.06 bits per heavy atom. The van der Waals surface area contributed by atoms with Gasteiger partial charge in [-0.1, -0.05) is 18.1 Å². The molecule has 0 aliphatic heterocycles. The van der Waals surface area contributed by atoms with Crippen LogP contribution in [0.5, 0.6) is 0 Å². The highest BCUT2D eigenvalue weighted by atomic mass is 16.3. The van der Waals surface area contributed by atoms with Crippen LogP contribution in [0.3, 0.4) is 0 Å². The lowest BCUT2D eigenvalue weighted by molar-refractivity contribution is -0.129. The first kappa shape index (κ1) is 11.5. The van der Waals surface area contributed by atoms with E-state index in [4.69, 9.17) is 0 Å². The molecule has 2 fully saturated rings. The van der Waals surface area contributed by atoms with Crippen LogP contribution < -0.4 is 0 Å². The first-order valence-corrected chi connectivity index (χ1v) is 6.99. The van der Waals surface area contributed by atoms with Gasteiger partial charge in [0.05, 0.1) is 6.10 Å². The Morgan fingerprint density at radius 2 is 2.24 bits per heavy atom. The van der Waals surface area contributed by atoms with E-state index in [0.29, 0.717) is 5.78 Å². The average Bonchev–Trinajstić information content (AvgIpc) is 2.64. The lowest BCUT2D eigenvalue weighted by atomic mass is 9.59. The summed E-state index contributed by atoms with van der Waals surface area (Å²) in [6.45, 7) is 2.12. The number of hydrogen-bond acceptors (Lipinski definition) is 2. The molecule has 3 unspecified atom stereocenters. The van der Waals surface area contributed by atoms with Gasteiger partial charge in [-0.25, -0.2) is 0 Å². The Bertz CT molecular complexity index is 371. The molecule has 1 N–H and O–H groups in total. The predicted octanol–water partition coefficient (Wildman–Crippen LogP) is 2.85. The highest BCUT2D eigenvalue weighted by Gasteiger charge is 2.54. The van der Waals surface area contributed by atoms with Gasteiger partial charge >= 0.3 is 0 Å². The lowest BCUT2D eigenvalue weighted by Crippen LogP contribution is -2.44. The maximum Gasteiger partial charge on any atom is 0.136 e. The molecule has 4 atom stereocenters. The predicted molar refractivity (Wildman–Crippen MR) is 66.5 cm³/mol. The van der Waals surface area contributed by atoms with Crippen LogP contribution in [0.25, 0.3) is 0 Å². The van der Waals surface area contributed by atoms with E-state index < -0.39 is 0 Å². The molecule has 2 nitrogen and oxygen atoms in total. The van der Waals surface area contributed by atoms with Gasteiger partial charge in [0, 0.05) is 12.3 Å². The molecule has 17 heavy (non-hydrogen) atoms. The van der Waals surface area contributed by atoms with Crippen LogP contribution in [0.15, 0.2) is 11.6 Å². The van der Waals surface area contributed by atoms with Crippen molar-refractivity contribution < 1.29 is 9.90 Å². The SMILES string of the molecule is CC1=CCC23CCCC(C2C(=O)CC3)[C@@H](O)C1. The zero-order valence-corrected chi connectivity index (χ0v) is 10.6. The largest absolute Gasteiger partial charge is 0.392 e. The van der Waals surface area contributed by atoms with Crippen molar-refractivity contribution in [2.45, 2.75) is 58.0 Å². The van der Waals surface area contributed by atoms with E-state index in [0.717, 1.165) is 32.1 Å². The molecule has 2 heteroatoms. The molecule has 2 saturated carbocycles. The molecular formula is C15H22O2. The minimum atomic E-state index is -0.293. The van der Waals surface area contributed by atoms with E-state index >= 15 is 0 Å². The maximum atomic E-state index is 12.2. The number of hydrogen-bond donors (Lipinski definition) is 1. The minimum absolute atomic E-state index is 0.163. The Morgan fingerprint density at radius 1 is 1.41 bits per heavy atom. The highest BCUT2D eigenvalue weighted by Crippen LogP contribution is 2.57. The van der Waals surface area contributed by atoms with Crippen LogP contribution in [-0.4, -0.2) is 17.0 Å². The van der Waals surface area contributed by atoms with Crippen molar-refractivity contribution in [3.8, 4) is 0 Å². The number of carbonyl (C=O) groups excluding carboxylic acids is 1. The molecule has 0 spiro atoms. The molecule has 3 aliphatic carbocycles. The van der Waals surface area contributed by atoms with Crippen molar-refractivity contribution in [3.05, 3.63) is 11.6 Å². The fourth-order valence-electron chi connectivity index (χ4n) is 4.54. The van der Waals surface area contributed by atoms with Crippen LogP contribution in [0.2, 0.25) is 0 Å². The molecule has 3 rings (SSSR count). The molecule has 2 bridgehead atoms. The smallest absolute Gasteiger partial charge is 0.136 e. The van der Waals surface area contributed by atoms with Gasteiger partial charge in [0.1, 0.15) is 5.78 Å². The number of Topliss-reactive ketones (excluding diaryl/α,β-unsaturated/α-hetero) is 1. The number of allylic oxidation sites excluding steroid dienone is 1. The van der Waals surface area contributed by atoms with E-state index in [2.05, 4.69) is 13.0 Å². The molecule has 0 aromatic rings. The second-order valence-corrected chi connectivity index (χ2v) is 6.39. The molecule has 0 saturated heterocycles. The quantitative estimate of drug-likeness (QED) is 0.654. The first-order valence-electron chi connectivity index (χ1n) is 6.99. The van der Waals surface area contributed by atoms with Gasteiger partial charge in [-0.15, -0.1) is 0 Å². The van der Waals surface area contributed by atoms with E-state index in [1.165, 1.54) is 18.4 Å². The van der Waals surface area contributed by atoms with Crippen LogP contribution in [-0.2, 0) is 4.79 Å². The molecular weight excluding hydrogens is 212 g/mol. The zero-order chi connectivity index (χ0) is 12.0. The summed E-state index contributed by atoms with van der Waals surface area (Å²) in [6, 6.07) is 0. The summed E-state index contributed by atoms with van der Waals surface area (Å²) < 4.78 is 0. The van der Waals surface area contributed by atoms with Crippen LogP contribution in [0.4, 0.5) is 0 Å². The van der Waals surface area contributed by atoms with Crippen LogP contribution >= 0.6 is 0 Å². The van der Waals surface area contributed by atoms with Crippen molar-refractivity contribution in [2.75, 3.05) is 0 Å². The molecule has 0 aromatic heterocycles. The van der Waals surface area contributed by atoms with E-state index in [1.807, 2.05) is 0 Å². The van der Waals surface area contributed by atoms with E-state index in [-0.39, 0.29) is 23.4 Å². The number of aliphatic hydroxyl groups excluding tert-OH is 1. The van der Waals surface area contributed by atoms with Gasteiger partial charge in [0.25, 0.3) is 0 Å². The normalized spacial score (nSPS) is 45.9. The Labute approximate surface area is 103 Å². The molecule has 0 radical (unpaired) electrons. The summed E-state index contributed by atoms with van der Waals surface area (Å²) in [4.78, 5) is 12.2.